The zero-order valence-electron chi connectivity index (χ0n) is 15.2. The molecular formula is C21H21ClN2O3. The Kier molecular flexibility index (Phi) is 5.81. The van der Waals surface area contributed by atoms with Crippen LogP contribution in [0.1, 0.15) is 31.0 Å². The van der Waals surface area contributed by atoms with E-state index in [1.807, 2.05) is 30.3 Å². The van der Waals surface area contributed by atoms with Crippen molar-refractivity contribution in [1.29, 1.82) is 0 Å². The number of nitrogens with zero attached hydrogens (tertiary/aromatic N) is 1. The Morgan fingerprint density at radius 3 is 2.44 bits per heavy atom. The van der Waals surface area contributed by atoms with Crippen LogP contribution in [0, 0.1) is 0 Å². The van der Waals surface area contributed by atoms with Crippen molar-refractivity contribution in [2.75, 3.05) is 6.61 Å². The molecule has 5 nitrogen and oxygen atoms in total. The SMILES string of the molecule is CCOC(=O)C1=C(C)N(Cc2ccccc2)C(=O)N[C@H]1c1ccc(Cl)cc1. The number of allylic oxidation sites excluding steroid dienone is 1. The summed E-state index contributed by atoms with van der Waals surface area (Å²) in [7, 11) is 0. The van der Waals surface area contributed by atoms with Crippen molar-refractivity contribution in [3.63, 3.8) is 0 Å². The summed E-state index contributed by atoms with van der Waals surface area (Å²) in [5, 5.41) is 3.52. The summed E-state index contributed by atoms with van der Waals surface area (Å²) in [5.74, 6) is -0.437. The van der Waals surface area contributed by atoms with E-state index < -0.39 is 12.0 Å². The van der Waals surface area contributed by atoms with Gasteiger partial charge < -0.3 is 10.1 Å². The van der Waals surface area contributed by atoms with Crippen LogP contribution in [0.15, 0.2) is 65.9 Å². The highest BCUT2D eigenvalue weighted by Crippen LogP contribution is 2.32. The highest BCUT2D eigenvalue weighted by molar-refractivity contribution is 6.30. The molecule has 0 radical (unpaired) electrons. The van der Waals surface area contributed by atoms with Gasteiger partial charge in [-0.25, -0.2) is 9.59 Å². The van der Waals surface area contributed by atoms with Crippen LogP contribution >= 0.6 is 11.6 Å². The van der Waals surface area contributed by atoms with Gasteiger partial charge in [-0.15, -0.1) is 0 Å². The van der Waals surface area contributed by atoms with Crippen LogP contribution in [0.25, 0.3) is 0 Å². The third-order valence-corrected chi connectivity index (χ3v) is 4.73. The van der Waals surface area contributed by atoms with E-state index in [0.29, 0.717) is 22.8 Å². The molecular weight excluding hydrogens is 364 g/mol. The van der Waals surface area contributed by atoms with Crippen LogP contribution in [0.3, 0.4) is 0 Å². The second-order valence-electron chi connectivity index (χ2n) is 6.23. The van der Waals surface area contributed by atoms with E-state index >= 15 is 0 Å². The van der Waals surface area contributed by atoms with Crippen molar-refractivity contribution >= 4 is 23.6 Å². The number of benzene rings is 2. The molecule has 0 saturated heterocycles. The Labute approximate surface area is 163 Å². The van der Waals surface area contributed by atoms with Crippen LogP contribution in [-0.4, -0.2) is 23.5 Å². The van der Waals surface area contributed by atoms with Crippen molar-refractivity contribution in [3.8, 4) is 0 Å². The van der Waals surface area contributed by atoms with E-state index in [2.05, 4.69) is 5.32 Å². The van der Waals surface area contributed by atoms with Gasteiger partial charge in [-0.1, -0.05) is 54.1 Å². The third kappa shape index (κ3) is 4.14. The van der Waals surface area contributed by atoms with E-state index in [9.17, 15) is 9.59 Å². The van der Waals surface area contributed by atoms with Gasteiger partial charge in [-0.3, -0.25) is 4.90 Å². The number of rotatable bonds is 5. The van der Waals surface area contributed by atoms with Gasteiger partial charge >= 0.3 is 12.0 Å². The zero-order chi connectivity index (χ0) is 19.4. The maximum atomic E-state index is 12.8. The number of urea groups is 1. The average molecular weight is 385 g/mol. The minimum atomic E-state index is -0.583. The second kappa shape index (κ2) is 8.27. The third-order valence-electron chi connectivity index (χ3n) is 4.48. The first-order chi connectivity index (χ1) is 13.0. The lowest BCUT2D eigenvalue weighted by Gasteiger charge is -2.35. The maximum absolute atomic E-state index is 12.8. The van der Waals surface area contributed by atoms with Crippen LogP contribution in [0.2, 0.25) is 5.02 Å². The van der Waals surface area contributed by atoms with Gasteiger partial charge in [0.25, 0.3) is 0 Å². The summed E-state index contributed by atoms with van der Waals surface area (Å²) in [6.07, 6.45) is 0. The summed E-state index contributed by atoms with van der Waals surface area (Å²) in [6, 6.07) is 15.9. The van der Waals surface area contributed by atoms with Gasteiger partial charge in [0.2, 0.25) is 0 Å². The van der Waals surface area contributed by atoms with Crippen molar-refractivity contribution in [1.82, 2.24) is 10.2 Å². The van der Waals surface area contributed by atoms with E-state index in [1.54, 1.807) is 43.0 Å². The number of carbonyl (C=O) groups excluding carboxylic acids is 2. The van der Waals surface area contributed by atoms with Crippen molar-refractivity contribution in [3.05, 3.63) is 82.0 Å². The molecule has 140 valence electrons. The standard InChI is InChI=1S/C21H21ClN2O3/c1-3-27-20(25)18-14(2)24(13-15-7-5-4-6-8-15)21(26)23-19(18)16-9-11-17(22)12-10-16/h4-12,19H,3,13H2,1-2H3,(H,23,26)/t19-/m0/s1. The molecule has 2 aromatic rings. The number of amides is 2. The molecule has 2 amide bonds. The molecule has 0 fully saturated rings. The molecule has 6 heteroatoms. The summed E-state index contributed by atoms with van der Waals surface area (Å²) < 4.78 is 5.26. The zero-order valence-corrected chi connectivity index (χ0v) is 16.0. The van der Waals surface area contributed by atoms with Gasteiger partial charge in [0.15, 0.2) is 0 Å². The lowest BCUT2D eigenvalue weighted by molar-refractivity contribution is -0.139. The molecule has 1 aliphatic rings. The number of carbonyl (C=O) groups is 2. The van der Waals surface area contributed by atoms with Crippen molar-refractivity contribution in [2.45, 2.75) is 26.4 Å². The quantitative estimate of drug-likeness (QED) is 0.775. The number of ether oxygens (including phenoxy) is 1. The first-order valence-corrected chi connectivity index (χ1v) is 9.14. The summed E-state index contributed by atoms with van der Waals surface area (Å²) in [5.41, 5.74) is 2.75. The van der Waals surface area contributed by atoms with Gasteiger partial charge in [0.05, 0.1) is 24.8 Å². The molecule has 0 bridgehead atoms. The van der Waals surface area contributed by atoms with E-state index in [1.165, 1.54) is 0 Å². The Balaban J connectivity index is 2.02. The van der Waals surface area contributed by atoms with Gasteiger partial charge in [-0.05, 0) is 37.1 Å². The molecule has 0 spiro atoms. The molecule has 2 aromatic carbocycles. The number of hydrogen-bond donors (Lipinski definition) is 1. The Morgan fingerprint density at radius 1 is 1.15 bits per heavy atom. The van der Waals surface area contributed by atoms with Gasteiger partial charge in [0, 0.05) is 10.7 Å². The van der Waals surface area contributed by atoms with Crippen LogP contribution in [-0.2, 0) is 16.1 Å². The van der Waals surface area contributed by atoms with Gasteiger partial charge in [-0.2, -0.15) is 0 Å². The highest BCUT2D eigenvalue weighted by Gasteiger charge is 2.36. The predicted molar refractivity (Wildman–Crippen MR) is 104 cm³/mol. The molecule has 0 unspecified atom stereocenters. The van der Waals surface area contributed by atoms with Crippen molar-refractivity contribution in [2.24, 2.45) is 0 Å². The molecule has 27 heavy (non-hydrogen) atoms. The Bertz CT molecular complexity index is 863. The monoisotopic (exact) mass is 384 g/mol. The molecule has 1 aliphatic heterocycles. The second-order valence-corrected chi connectivity index (χ2v) is 6.66. The molecule has 0 aliphatic carbocycles. The normalized spacial score (nSPS) is 16.9. The summed E-state index contributed by atoms with van der Waals surface area (Å²) in [6.45, 7) is 4.16. The fourth-order valence-corrected chi connectivity index (χ4v) is 3.24. The number of nitrogens with one attached hydrogen (secondary N) is 1. The smallest absolute Gasteiger partial charge is 0.338 e. The number of esters is 1. The first-order valence-electron chi connectivity index (χ1n) is 8.76. The molecule has 0 saturated carbocycles. The minimum Gasteiger partial charge on any atom is -0.463 e. The fraction of sp³-hybridized carbons (Fsp3) is 0.238. The predicted octanol–water partition coefficient (Wildman–Crippen LogP) is 4.44. The van der Waals surface area contributed by atoms with Crippen LogP contribution in [0.4, 0.5) is 4.79 Å². The van der Waals surface area contributed by atoms with E-state index in [4.69, 9.17) is 16.3 Å². The molecule has 3 rings (SSSR count). The lowest BCUT2D eigenvalue weighted by atomic mass is 9.94. The first kappa shape index (κ1) is 19.0. The van der Waals surface area contributed by atoms with Crippen molar-refractivity contribution < 1.29 is 14.3 Å². The molecule has 1 N–H and O–H groups in total. The van der Waals surface area contributed by atoms with Crippen LogP contribution in [0.5, 0.6) is 0 Å². The topological polar surface area (TPSA) is 58.6 Å². The van der Waals surface area contributed by atoms with E-state index in [-0.39, 0.29) is 12.6 Å². The molecule has 0 aromatic heterocycles. The number of halogens is 1. The van der Waals surface area contributed by atoms with Crippen LogP contribution < -0.4 is 5.32 Å². The molecule has 1 heterocycles. The molecule has 1 atom stereocenters. The minimum absolute atomic E-state index is 0.260. The van der Waals surface area contributed by atoms with Gasteiger partial charge in [0.1, 0.15) is 0 Å². The highest BCUT2D eigenvalue weighted by atomic mass is 35.5. The average Bonchev–Trinajstić information content (AvgIpc) is 2.66. The maximum Gasteiger partial charge on any atom is 0.338 e. The Hall–Kier alpha value is -2.79. The lowest BCUT2D eigenvalue weighted by Crippen LogP contribution is -2.47. The fourth-order valence-electron chi connectivity index (χ4n) is 3.12. The largest absolute Gasteiger partial charge is 0.463 e. The summed E-state index contributed by atoms with van der Waals surface area (Å²) >= 11 is 5.97. The Morgan fingerprint density at radius 2 is 1.81 bits per heavy atom. The number of hydrogen-bond acceptors (Lipinski definition) is 3. The van der Waals surface area contributed by atoms with E-state index in [0.717, 1.165) is 11.1 Å². The summed E-state index contributed by atoms with van der Waals surface area (Å²) in [4.78, 5) is 27.0.